The predicted molar refractivity (Wildman–Crippen MR) is 96.8 cm³/mol. The zero-order valence-electron chi connectivity index (χ0n) is 14.4. The van der Waals surface area contributed by atoms with E-state index in [1.54, 1.807) is 5.57 Å². The van der Waals surface area contributed by atoms with E-state index in [1.807, 2.05) is 0 Å². The fraction of sp³-hybridized carbons (Fsp3) is 0.900. The van der Waals surface area contributed by atoms with Crippen LogP contribution in [-0.4, -0.2) is 11.8 Å². The number of allylic oxidation sites excluding steroid dienone is 2. The Hall–Kier alpha value is 0.100. The van der Waals surface area contributed by atoms with Gasteiger partial charge in [0.25, 0.3) is 0 Å². The molecule has 3 rings (SSSR count). The average molecular weight is 324 g/mol. The van der Waals surface area contributed by atoms with E-state index in [0.29, 0.717) is 17.8 Å². The highest BCUT2D eigenvalue weighted by atomic mass is 31.0. The molecule has 0 aromatic heterocycles. The molecule has 0 spiro atoms. The molecular weight excluding hydrogens is 290 g/mol. The van der Waals surface area contributed by atoms with Gasteiger partial charge in [0.05, 0.1) is 0 Å². The Morgan fingerprint density at radius 3 is 2.32 bits per heavy atom. The van der Waals surface area contributed by atoms with Crippen molar-refractivity contribution in [2.75, 3.05) is 0 Å². The molecule has 2 saturated carbocycles. The summed E-state index contributed by atoms with van der Waals surface area (Å²) in [7, 11) is 2.90. The van der Waals surface area contributed by atoms with E-state index in [0.717, 1.165) is 18.3 Å². The van der Waals surface area contributed by atoms with Crippen molar-refractivity contribution >= 4 is 9.24 Å². The normalized spacial score (nSPS) is 47.1. The van der Waals surface area contributed by atoms with Crippen LogP contribution in [0.3, 0.4) is 0 Å². The zero-order chi connectivity index (χ0) is 15.7. The predicted octanol–water partition coefficient (Wildman–Crippen LogP) is 6.17. The molecule has 0 bridgehead atoms. The summed E-state index contributed by atoms with van der Waals surface area (Å²) in [6.07, 6.45) is 13.1. The molecular formula is C20H34FP. The standard InChI is InChI=1S/C20H34FP/c1-13-3-7-15(8-4-13)17-11-12-18(20(22)19(17)21)16-9-5-14(2)6-10-16/h9,13-15,17-20H,3-8,10-12,22H2,1-2H3. The van der Waals surface area contributed by atoms with Crippen molar-refractivity contribution in [2.24, 2.45) is 29.6 Å². The fourth-order valence-corrected chi connectivity index (χ4v) is 5.92. The summed E-state index contributed by atoms with van der Waals surface area (Å²) in [4.78, 5) is 0. The van der Waals surface area contributed by atoms with Gasteiger partial charge in [0.2, 0.25) is 0 Å². The van der Waals surface area contributed by atoms with Crippen LogP contribution in [0.4, 0.5) is 4.39 Å². The third kappa shape index (κ3) is 3.61. The second kappa shape index (κ2) is 7.33. The molecule has 126 valence electrons. The van der Waals surface area contributed by atoms with Gasteiger partial charge in [0.15, 0.2) is 0 Å². The molecule has 0 amide bonds. The zero-order valence-corrected chi connectivity index (χ0v) is 15.6. The molecule has 0 saturated heterocycles. The molecule has 2 fully saturated rings. The average Bonchev–Trinajstić information content (AvgIpc) is 2.52. The lowest BCUT2D eigenvalue weighted by Gasteiger charge is -2.44. The lowest BCUT2D eigenvalue weighted by molar-refractivity contribution is 0.0718. The van der Waals surface area contributed by atoms with Crippen LogP contribution in [0.15, 0.2) is 11.6 Å². The number of alkyl halides is 1. The van der Waals surface area contributed by atoms with Gasteiger partial charge >= 0.3 is 0 Å². The van der Waals surface area contributed by atoms with Crippen molar-refractivity contribution in [3.8, 4) is 0 Å². The lowest BCUT2D eigenvalue weighted by atomic mass is 9.66. The van der Waals surface area contributed by atoms with Gasteiger partial charge in [-0.2, -0.15) is 0 Å². The lowest BCUT2D eigenvalue weighted by Crippen LogP contribution is -2.42. The van der Waals surface area contributed by atoms with Crippen molar-refractivity contribution in [1.82, 2.24) is 0 Å². The number of hydrogen-bond acceptors (Lipinski definition) is 0. The molecule has 3 aliphatic rings. The Bertz CT molecular complexity index is 397. The first-order valence-electron chi connectivity index (χ1n) is 9.64. The van der Waals surface area contributed by atoms with Crippen LogP contribution in [0.1, 0.15) is 71.6 Å². The van der Waals surface area contributed by atoms with Gasteiger partial charge in [-0.3, -0.25) is 0 Å². The molecule has 0 heterocycles. The highest BCUT2D eigenvalue weighted by molar-refractivity contribution is 7.17. The number of halogens is 1. The van der Waals surface area contributed by atoms with E-state index >= 15 is 4.39 Å². The van der Waals surface area contributed by atoms with E-state index in [-0.39, 0.29) is 5.66 Å². The number of hydrogen-bond donors (Lipinski definition) is 0. The third-order valence-corrected chi connectivity index (χ3v) is 7.74. The summed E-state index contributed by atoms with van der Waals surface area (Å²) >= 11 is 0. The summed E-state index contributed by atoms with van der Waals surface area (Å²) in [6, 6.07) is 0. The van der Waals surface area contributed by atoms with E-state index in [4.69, 9.17) is 0 Å². The minimum Gasteiger partial charge on any atom is -0.246 e. The molecule has 0 nitrogen and oxygen atoms in total. The van der Waals surface area contributed by atoms with Gasteiger partial charge in [-0.1, -0.05) is 38.3 Å². The molecule has 0 aromatic carbocycles. The van der Waals surface area contributed by atoms with Crippen molar-refractivity contribution < 1.29 is 4.39 Å². The first-order chi connectivity index (χ1) is 10.6. The summed E-state index contributed by atoms with van der Waals surface area (Å²) in [5.74, 6) is 3.21. The van der Waals surface area contributed by atoms with E-state index in [1.165, 1.54) is 51.4 Å². The van der Waals surface area contributed by atoms with Gasteiger partial charge in [-0.05, 0) is 74.5 Å². The largest absolute Gasteiger partial charge is 0.246 e. The Labute approximate surface area is 138 Å². The molecule has 6 unspecified atom stereocenters. The van der Waals surface area contributed by atoms with Gasteiger partial charge in [0, 0.05) is 5.66 Å². The van der Waals surface area contributed by atoms with E-state index in [9.17, 15) is 0 Å². The first kappa shape index (κ1) is 16.9. The fourth-order valence-electron chi connectivity index (χ4n) is 5.20. The molecule has 6 atom stereocenters. The topological polar surface area (TPSA) is 0 Å². The van der Waals surface area contributed by atoms with Crippen LogP contribution in [-0.2, 0) is 0 Å². The van der Waals surface area contributed by atoms with Crippen molar-refractivity contribution in [3.63, 3.8) is 0 Å². The Balaban J connectivity index is 1.62. The van der Waals surface area contributed by atoms with Gasteiger partial charge in [-0.15, -0.1) is 9.24 Å². The van der Waals surface area contributed by atoms with Crippen LogP contribution in [0.5, 0.6) is 0 Å². The van der Waals surface area contributed by atoms with Crippen molar-refractivity contribution in [1.29, 1.82) is 0 Å². The van der Waals surface area contributed by atoms with E-state index < -0.39 is 6.17 Å². The van der Waals surface area contributed by atoms with E-state index in [2.05, 4.69) is 29.2 Å². The first-order valence-corrected chi connectivity index (χ1v) is 10.3. The summed E-state index contributed by atoms with van der Waals surface area (Å²) in [5.41, 5.74) is 1.74. The van der Waals surface area contributed by atoms with Crippen LogP contribution >= 0.6 is 9.24 Å². The van der Waals surface area contributed by atoms with Gasteiger partial charge in [-0.25, -0.2) is 4.39 Å². The number of rotatable bonds is 2. The van der Waals surface area contributed by atoms with Gasteiger partial charge < -0.3 is 0 Å². The molecule has 0 N–H and O–H groups in total. The van der Waals surface area contributed by atoms with Crippen LogP contribution in [0.25, 0.3) is 0 Å². The Morgan fingerprint density at radius 1 is 0.955 bits per heavy atom. The molecule has 3 aliphatic carbocycles. The van der Waals surface area contributed by atoms with Crippen LogP contribution in [0, 0.1) is 29.6 Å². The maximum Gasteiger partial charge on any atom is 0.110 e. The highest BCUT2D eigenvalue weighted by Crippen LogP contribution is 2.47. The second-order valence-corrected chi connectivity index (χ2v) is 9.32. The van der Waals surface area contributed by atoms with Crippen LogP contribution < -0.4 is 0 Å². The monoisotopic (exact) mass is 324 g/mol. The molecule has 0 aliphatic heterocycles. The smallest absolute Gasteiger partial charge is 0.110 e. The van der Waals surface area contributed by atoms with Crippen LogP contribution in [0.2, 0.25) is 0 Å². The molecule has 0 radical (unpaired) electrons. The maximum absolute atomic E-state index is 15.2. The summed E-state index contributed by atoms with van der Waals surface area (Å²) in [5, 5.41) is 0. The second-order valence-electron chi connectivity index (χ2n) is 8.55. The molecule has 0 aromatic rings. The molecule has 2 heteroatoms. The molecule has 22 heavy (non-hydrogen) atoms. The SMILES string of the molecule is CC1CC=C(C2CCC(C3CCC(C)CC3)C(F)C2P)CC1. The maximum atomic E-state index is 15.2. The van der Waals surface area contributed by atoms with Gasteiger partial charge in [0.1, 0.15) is 6.17 Å². The third-order valence-electron chi connectivity index (χ3n) is 6.90. The minimum absolute atomic E-state index is 0.165. The quantitative estimate of drug-likeness (QED) is 0.421. The minimum atomic E-state index is -0.595. The summed E-state index contributed by atoms with van der Waals surface area (Å²) < 4.78 is 15.2. The van der Waals surface area contributed by atoms with Crippen molar-refractivity contribution in [2.45, 2.75) is 83.5 Å². The summed E-state index contributed by atoms with van der Waals surface area (Å²) in [6.45, 7) is 4.69. The Morgan fingerprint density at radius 2 is 1.68 bits per heavy atom. The van der Waals surface area contributed by atoms with Crippen molar-refractivity contribution in [3.05, 3.63) is 11.6 Å². The Kier molecular flexibility index (Phi) is 5.65. The highest BCUT2D eigenvalue weighted by Gasteiger charge is 2.42.